The standard InChI is InChI=1S/C18H16F2N2/c19-13-5-6-16(20)12(9-13)10-22-8-7-15-14-3-1-2-4-17(14)21-18(15)11-22/h1-6,9,21H,7-8,10-11H2. The van der Waals surface area contributed by atoms with E-state index in [2.05, 4.69) is 22.0 Å². The van der Waals surface area contributed by atoms with E-state index in [0.29, 0.717) is 12.1 Å². The Morgan fingerprint density at radius 1 is 1.09 bits per heavy atom. The highest BCUT2D eigenvalue weighted by Gasteiger charge is 2.21. The molecule has 22 heavy (non-hydrogen) atoms. The summed E-state index contributed by atoms with van der Waals surface area (Å²) in [5.74, 6) is -0.733. The van der Waals surface area contributed by atoms with Gasteiger partial charge in [0.05, 0.1) is 0 Å². The van der Waals surface area contributed by atoms with Crippen LogP contribution in [0.4, 0.5) is 8.78 Å². The average Bonchev–Trinajstić information content (AvgIpc) is 2.88. The molecule has 0 unspecified atom stereocenters. The van der Waals surface area contributed by atoms with Crippen LogP contribution in [-0.2, 0) is 19.5 Å². The summed E-state index contributed by atoms with van der Waals surface area (Å²) in [5.41, 5.74) is 4.10. The number of H-pyrrole nitrogens is 1. The summed E-state index contributed by atoms with van der Waals surface area (Å²) in [6.45, 7) is 2.02. The zero-order chi connectivity index (χ0) is 15.1. The van der Waals surface area contributed by atoms with E-state index in [4.69, 9.17) is 0 Å². The summed E-state index contributed by atoms with van der Waals surface area (Å²) in [7, 11) is 0. The highest BCUT2D eigenvalue weighted by Crippen LogP contribution is 2.28. The first-order chi connectivity index (χ1) is 10.7. The minimum atomic E-state index is -0.389. The van der Waals surface area contributed by atoms with Crippen LogP contribution in [0, 0.1) is 11.6 Å². The van der Waals surface area contributed by atoms with E-state index >= 15 is 0 Å². The molecule has 0 saturated heterocycles. The van der Waals surface area contributed by atoms with Crippen LogP contribution in [0.15, 0.2) is 42.5 Å². The molecule has 4 rings (SSSR count). The van der Waals surface area contributed by atoms with Gasteiger partial charge in [0.25, 0.3) is 0 Å². The molecule has 3 aromatic rings. The van der Waals surface area contributed by atoms with E-state index in [1.807, 2.05) is 12.1 Å². The fourth-order valence-corrected chi connectivity index (χ4v) is 3.29. The number of nitrogens with zero attached hydrogens (tertiary/aromatic N) is 1. The van der Waals surface area contributed by atoms with Gasteiger partial charge in [0.2, 0.25) is 0 Å². The van der Waals surface area contributed by atoms with E-state index in [1.165, 1.54) is 28.8 Å². The highest BCUT2D eigenvalue weighted by molar-refractivity contribution is 5.84. The van der Waals surface area contributed by atoms with Crippen LogP contribution >= 0.6 is 0 Å². The molecule has 4 heteroatoms. The van der Waals surface area contributed by atoms with Crippen molar-refractivity contribution in [2.45, 2.75) is 19.5 Å². The van der Waals surface area contributed by atoms with Crippen molar-refractivity contribution < 1.29 is 8.78 Å². The predicted octanol–water partition coefficient (Wildman–Crippen LogP) is 4.00. The maximum Gasteiger partial charge on any atom is 0.127 e. The minimum Gasteiger partial charge on any atom is -0.357 e. The van der Waals surface area contributed by atoms with Crippen molar-refractivity contribution >= 4 is 10.9 Å². The zero-order valence-corrected chi connectivity index (χ0v) is 12.1. The smallest absolute Gasteiger partial charge is 0.127 e. The lowest BCUT2D eigenvalue weighted by atomic mass is 10.0. The number of nitrogens with one attached hydrogen (secondary N) is 1. The van der Waals surface area contributed by atoms with Gasteiger partial charge in [-0.3, -0.25) is 4.90 Å². The number of hydrogen-bond acceptors (Lipinski definition) is 1. The van der Waals surface area contributed by atoms with Crippen LogP contribution in [0.3, 0.4) is 0 Å². The Balaban J connectivity index is 1.60. The topological polar surface area (TPSA) is 19.0 Å². The number of aromatic nitrogens is 1. The van der Waals surface area contributed by atoms with Crippen molar-refractivity contribution in [1.82, 2.24) is 9.88 Å². The molecule has 0 radical (unpaired) electrons. The third-order valence-corrected chi connectivity index (χ3v) is 4.36. The number of rotatable bonds is 2. The number of fused-ring (bicyclic) bond motifs is 3. The quantitative estimate of drug-likeness (QED) is 0.757. The number of para-hydroxylation sites is 1. The van der Waals surface area contributed by atoms with Crippen LogP contribution in [-0.4, -0.2) is 16.4 Å². The molecule has 0 bridgehead atoms. The maximum atomic E-state index is 13.8. The second-order valence-corrected chi connectivity index (χ2v) is 5.82. The van der Waals surface area contributed by atoms with Crippen molar-refractivity contribution in [1.29, 1.82) is 0 Å². The Kier molecular flexibility index (Phi) is 3.19. The van der Waals surface area contributed by atoms with Gasteiger partial charge >= 0.3 is 0 Å². The van der Waals surface area contributed by atoms with Crippen molar-refractivity contribution in [2.75, 3.05) is 6.54 Å². The number of hydrogen-bond donors (Lipinski definition) is 1. The van der Waals surface area contributed by atoms with Crippen molar-refractivity contribution in [3.8, 4) is 0 Å². The molecule has 0 fully saturated rings. The minimum absolute atomic E-state index is 0.344. The Bertz CT molecular complexity index is 838. The molecule has 1 aromatic heterocycles. The van der Waals surface area contributed by atoms with Gasteiger partial charge in [-0.1, -0.05) is 18.2 Å². The van der Waals surface area contributed by atoms with Gasteiger partial charge in [-0.15, -0.1) is 0 Å². The molecule has 1 aliphatic heterocycles. The van der Waals surface area contributed by atoms with Gasteiger partial charge in [-0.05, 0) is 36.2 Å². The summed E-state index contributed by atoms with van der Waals surface area (Å²) < 4.78 is 27.1. The first-order valence-electron chi connectivity index (χ1n) is 7.45. The number of benzene rings is 2. The molecule has 0 saturated carbocycles. The summed E-state index contributed by atoms with van der Waals surface area (Å²) in [6.07, 6.45) is 0.927. The second kappa shape index (κ2) is 5.21. The monoisotopic (exact) mass is 298 g/mol. The fourth-order valence-electron chi connectivity index (χ4n) is 3.29. The lowest BCUT2D eigenvalue weighted by Crippen LogP contribution is -2.30. The molecule has 0 spiro atoms. The third-order valence-electron chi connectivity index (χ3n) is 4.36. The van der Waals surface area contributed by atoms with Crippen LogP contribution < -0.4 is 0 Å². The Hall–Kier alpha value is -2.20. The first-order valence-corrected chi connectivity index (χ1v) is 7.45. The Morgan fingerprint density at radius 2 is 1.95 bits per heavy atom. The van der Waals surface area contributed by atoms with E-state index in [-0.39, 0.29) is 11.6 Å². The Labute approximate surface area is 127 Å². The predicted molar refractivity (Wildman–Crippen MR) is 82.5 cm³/mol. The SMILES string of the molecule is Fc1ccc(F)c(CN2CCc3c([nH]c4ccccc34)C2)c1. The lowest BCUT2D eigenvalue weighted by molar-refractivity contribution is 0.239. The molecule has 0 aliphatic carbocycles. The van der Waals surface area contributed by atoms with Crippen LogP contribution in [0.5, 0.6) is 0 Å². The Morgan fingerprint density at radius 3 is 2.86 bits per heavy atom. The third kappa shape index (κ3) is 2.29. The largest absolute Gasteiger partial charge is 0.357 e. The molecule has 2 nitrogen and oxygen atoms in total. The van der Waals surface area contributed by atoms with Crippen LogP contribution in [0.25, 0.3) is 10.9 Å². The van der Waals surface area contributed by atoms with E-state index in [9.17, 15) is 8.78 Å². The van der Waals surface area contributed by atoms with Gasteiger partial charge in [0.1, 0.15) is 11.6 Å². The van der Waals surface area contributed by atoms with E-state index < -0.39 is 0 Å². The number of halogens is 2. The van der Waals surface area contributed by atoms with Crippen LogP contribution in [0.1, 0.15) is 16.8 Å². The lowest BCUT2D eigenvalue weighted by Gasteiger charge is -2.27. The normalized spacial score (nSPS) is 15.2. The fraction of sp³-hybridized carbons (Fsp3) is 0.222. The number of aromatic amines is 1. The van der Waals surface area contributed by atoms with Gasteiger partial charge in [0, 0.05) is 41.8 Å². The van der Waals surface area contributed by atoms with Crippen LogP contribution in [0.2, 0.25) is 0 Å². The molecule has 0 atom stereocenters. The van der Waals surface area contributed by atoms with E-state index in [0.717, 1.165) is 31.1 Å². The maximum absolute atomic E-state index is 13.8. The summed E-state index contributed by atoms with van der Waals surface area (Å²) in [5, 5.41) is 1.27. The molecular formula is C18H16F2N2. The van der Waals surface area contributed by atoms with Gasteiger partial charge in [-0.25, -0.2) is 8.78 Å². The van der Waals surface area contributed by atoms with Crippen molar-refractivity contribution in [3.63, 3.8) is 0 Å². The highest BCUT2D eigenvalue weighted by atomic mass is 19.1. The molecule has 1 N–H and O–H groups in total. The van der Waals surface area contributed by atoms with E-state index in [1.54, 1.807) is 0 Å². The molecule has 1 aliphatic rings. The summed E-state index contributed by atoms with van der Waals surface area (Å²) >= 11 is 0. The summed E-state index contributed by atoms with van der Waals surface area (Å²) in [6, 6.07) is 11.9. The molecular weight excluding hydrogens is 282 g/mol. The second-order valence-electron chi connectivity index (χ2n) is 5.82. The van der Waals surface area contributed by atoms with Gasteiger partial charge in [0.15, 0.2) is 0 Å². The molecule has 112 valence electrons. The van der Waals surface area contributed by atoms with Gasteiger partial charge < -0.3 is 4.98 Å². The zero-order valence-electron chi connectivity index (χ0n) is 12.1. The molecule has 2 aromatic carbocycles. The van der Waals surface area contributed by atoms with Crippen molar-refractivity contribution in [3.05, 3.63) is 70.9 Å². The summed E-state index contributed by atoms with van der Waals surface area (Å²) in [4.78, 5) is 5.60. The first kappa shape index (κ1) is 13.5. The average molecular weight is 298 g/mol. The van der Waals surface area contributed by atoms with Gasteiger partial charge in [-0.2, -0.15) is 0 Å². The molecule has 2 heterocycles. The van der Waals surface area contributed by atoms with Crippen molar-refractivity contribution in [2.24, 2.45) is 0 Å². The molecule has 0 amide bonds.